The van der Waals surface area contributed by atoms with Crippen molar-refractivity contribution in [1.82, 2.24) is 0 Å². The quantitative estimate of drug-likeness (QED) is 0.456. The molecule has 1 unspecified atom stereocenters. The zero-order chi connectivity index (χ0) is 13.2. The molecule has 90 valence electrons. The molecule has 2 N–H and O–H groups in total. The monoisotopic (exact) mass is 239 g/mol. The maximum Gasteiger partial charge on any atom is 0.337 e. The van der Waals surface area contributed by atoms with E-state index in [1.165, 1.54) is 6.92 Å². The summed E-state index contributed by atoms with van der Waals surface area (Å²) in [5.74, 6) is -1.59. The van der Waals surface area contributed by atoms with E-state index < -0.39 is 22.7 Å². The molecule has 0 bridgehead atoms. The zero-order valence-corrected chi connectivity index (χ0v) is 8.78. The summed E-state index contributed by atoms with van der Waals surface area (Å²) in [5, 5.41) is 28.7. The molecular weight excluding hydrogens is 230 g/mol. The molecule has 0 saturated heterocycles. The van der Waals surface area contributed by atoms with Gasteiger partial charge in [-0.05, 0) is 18.6 Å². The van der Waals surface area contributed by atoms with Gasteiger partial charge >= 0.3 is 5.97 Å². The van der Waals surface area contributed by atoms with E-state index >= 15 is 0 Å². The van der Waals surface area contributed by atoms with Gasteiger partial charge in [-0.3, -0.25) is 14.9 Å². The molecule has 0 aromatic heterocycles. The van der Waals surface area contributed by atoms with Gasteiger partial charge in [-0.15, -0.1) is 0 Å². The third-order valence-corrected chi connectivity index (χ3v) is 2.27. The van der Waals surface area contributed by atoms with Crippen LogP contribution in [0.2, 0.25) is 0 Å². The van der Waals surface area contributed by atoms with E-state index in [1.807, 2.05) is 0 Å². The van der Waals surface area contributed by atoms with Crippen LogP contribution in [0.4, 0.5) is 5.69 Å². The number of hydrogen-bond acceptors (Lipinski definition) is 5. The maximum absolute atomic E-state index is 10.7. The second-order valence-electron chi connectivity index (χ2n) is 3.38. The van der Waals surface area contributed by atoms with E-state index in [4.69, 9.17) is 5.11 Å². The lowest BCUT2D eigenvalue weighted by atomic mass is 10.00. The molecular formula is C10H9NO6. The van der Waals surface area contributed by atoms with Crippen LogP contribution in [0, 0.1) is 17.0 Å². The Labute approximate surface area is 95.5 Å². The van der Waals surface area contributed by atoms with Crippen LogP contribution in [-0.2, 0) is 4.79 Å². The summed E-state index contributed by atoms with van der Waals surface area (Å²) in [6.45, 7) is 1.49. The van der Waals surface area contributed by atoms with Crippen molar-refractivity contribution < 1.29 is 24.7 Å². The van der Waals surface area contributed by atoms with Crippen molar-refractivity contribution >= 4 is 17.9 Å². The average molecular weight is 239 g/mol. The zero-order valence-electron chi connectivity index (χ0n) is 8.78. The number of carbonyl (C=O) groups is 2. The van der Waals surface area contributed by atoms with Crippen LogP contribution in [0.5, 0.6) is 0 Å². The van der Waals surface area contributed by atoms with Crippen molar-refractivity contribution in [3.8, 4) is 0 Å². The summed E-state index contributed by atoms with van der Waals surface area (Å²) in [4.78, 5) is 31.1. The van der Waals surface area contributed by atoms with Crippen LogP contribution in [0.3, 0.4) is 0 Å². The number of nitro benzene ring substituents is 1. The van der Waals surface area contributed by atoms with Gasteiger partial charge in [0.15, 0.2) is 12.4 Å². The number of benzene rings is 1. The fourth-order valence-corrected chi connectivity index (χ4v) is 1.37. The number of aldehydes is 1. The van der Waals surface area contributed by atoms with E-state index in [9.17, 15) is 24.8 Å². The molecule has 17 heavy (non-hydrogen) atoms. The largest absolute Gasteiger partial charge is 0.479 e. The van der Waals surface area contributed by atoms with Crippen molar-refractivity contribution in [2.24, 2.45) is 0 Å². The second-order valence-corrected chi connectivity index (χ2v) is 3.38. The van der Waals surface area contributed by atoms with Crippen LogP contribution in [0.25, 0.3) is 0 Å². The number of aliphatic carboxylic acids is 1. The molecule has 0 aliphatic heterocycles. The van der Waals surface area contributed by atoms with Gasteiger partial charge in [0, 0.05) is 11.6 Å². The molecule has 0 aliphatic rings. The van der Waals surface area contributed by atoms with Gasteiger partial charge < -0.3 is 10.2 Å². The lowest BCUT2D eigenvalue weighted by Crippen LogP contribution is -2.13. The first-order valence-electron chi connectivity index (χ1n) is 4.53. The molecule has 1 aromatic carbocycles. The highest BCUT2D eigenvalue weighted by Gasteiger charge is 2.26. The molecule has 0 heterocycles. The summed E-state index contributed by atoms with van der Waals surface area (Å²) in [5.41, 5.74) is -0.489. The third-order valence-electron chi connectivity index (χ3n) is 2.27. The van der Waals surface area contributed by atoms with Crippen LogP contribution in [0.15, 0.2) is 12.1 Å². The van der Waals surface area contributed by atoms with Gasteiger partial charge in [0.05, 0.1) is 10.5 Å². The molecule has 1 atom stereocenters. The van der Waals surface area contributed by atoms with Gasteiger partial charge in [0.25, 0.3) is 5.69 Å². The first kappa shape index (κ1) is 12.8. The molecule has 0 aliphatic carbocycles. The number of hydrogen-bond donors (Lipinski definition) is 2. The van der Waals surface area contributed by atoms with E-state index in [0.717, 1.165) is 12.1 Å². The normalized spacial score (nSPS) is 11.9. The Bertz CT molecular complexity index is 496. The molecule has 0 radical (unpaired) electrons. The SMILES string of the molecule is Cc1cc(C(O)C(=O)O)c([N+](=O)[O-])cc1C=O. The smallest absolute Gasteiger partial charge is 0.337 e. The number of carbonyl (C=O) groups excluding carboxylic acids is 1. The molecule has 1 rings (SSSR count). The number of aryl methyl sites for hydroxylation is 1. The number of aliphatic hydroxyl groups is 1. The second kappa shape index (κ2) is 4.71. The summed E-state index contributed by atoms with van der Waals surface area (Å²) >= 11 is 0. The maximum atomic E-state index is 10.7. The van der Waals surface area contributed by atoms with Crippen molar-refractivity contribution in [3.63, 3.8) is 0 Å². The number of nitro groups is 1. The first-order valence-corrected chi connectivity index (χ1v) is 4.53. The van der Waals surface area contributed by atoms with Gasteiger partial charge in [-0.2, -0.15) is 0 Å². The number of nitrogens with zero attached hydrogens (tertiary/aromatic N) is 1. The van der Waals surface area contributed by atoms with Crippen molar-refractivity contribution in [2.75, 3.05) is 0 Å². The van der Waals surface area contributed by atoms with E-state index in [1.54, 1.807) is 0 Å². The fourth-order valence-electron chi connectivity index (χ4n) is 1.37. The standard InChI is InChI=1S/C10H9NO6/c1-5-2-7(9(13)10(14)15)8(11(16)17)3-6(5)4-12/h2-4,9,13H,1H3,(H,14,15). The minimum Gasteiger partial charge on any atom is -0.479 e. The topological polar surface area (TPSA) is 118 Å². The van der Waals surface area contributed by atoms with Crippen LogP contribution >= 0.6 is 0 Å². The average Bonchev–Trinajstić information content (AvgIpc) is 2.27. The van der Waals surface area contributed by atoms with E-state index in [0.29, 0.717) is 11.8 Å². The Hall–Kier alpha value is -2.28. The molecule has 7 heteroatoms. The fraction of sp³-hybridized carbons (Fsp3) is 0.200. The van der Waals surface area contributed by atoms with Gasteiger partial charge in [-0.25, -0.2) is 4.79 Å². The Morgan fingerprint density at radius 3 is 2.53 bits per heavy atom. The van der Waals surface area contributed by atoms with Crippen molar-refractivity contribution in [3.05, 3.63) is 38.9 Å². The van der Waals surface area contributed by atoms with Crippen LogP contribution < -0.4 is 0 Å². The molecule has 0 fully saturated rings. The summed E-state index contributed by atoms with van der Waals surface area (Å²) in [6, 6.07) is 2.07. The van der Waals surface area contributed by atoms with Gasteiger partial charge in [0.2, 0.25) is 0 Å². The van der Waals surface area contributed by atoms with E-state index in [-0.39, 0.29) is 11.1 Å². The number of aliphatic hydroxyl groups excluding tert-OH is 1. The summed E-state index contributed by atoms with van der Waals surface area (Å²) in [6.07, 6.45) is -1.56. The van der Waals surface area contributed by atoms with Crippen molar-refractivity contribution in [2.45, 2.75) is 13.0 Å². The third kappa shape index (κ3) is 2.45. The minimum absolute atomic E-state index is 0.0815. The molecule has 0 saturated carbocycles. The molecule has 0 spiro atoms. The predicted molar refractivity (Wildman–Crippen MR) is 55.8 cm³/mol. The van der Waals surface area contributed by atoms with Gasteiger partial charge in [0.1, 0.15) is 0 Å². The lowest BCUT2D eigenvalue weighted by molar-refractivity contribution is -0.386. The van der Waals surface area contributed by atoms with Crippen LogP contribution in [0.1, 0.15) is 27.6 Å². The van der Waals surface area contributed by atoms with Gasteiger partial charge in [-0.1, -0.05) is 0 Å². The number of carboxylic acid groups (broad SMARTS) is 1. The predicted octanol–water partition coefficient (Wildman–Crippen LogP) is 0.834. The lowest BCUT2D eigenvalue weighted by Gasteiger charge is -2.09. The van der Waals surface area contributed by atoms with Crippen LogP contribution in [-0.4, -0.2) is 27.4 Å². The number of carboxylic acids is 1. The minimum atomic E-state index is -1.99. The number of rotatable bonds is 4. The molecule has 1 aromatic rings. The van der Waals surface area contributed by atoms with E-state index in [2.05, 4.69) is 0 Å². The summed E-state index contributed by atoms with van der Waals surface area (Å²) in [7, 11) is 0. The summed E-state index contributed by atoms with van der Waals surface area (Å²) < 4.78 is 0. The Morgan fingerprint density at radius 1 is 1.53 bits per heavy atom. The highest BCUT2D eigenvalue weighted by molar-refractivity contribution is 5.81. The highest BCUT2D eigenvalue weighted by atomic mass is 16.6. The Balaban J connectivity index is 3.48. The Kier molecular flexibility index (Phi) is 3.54. The first-order chi connectivity index (χ1) is 7.88. The molecule has 7 nitrogen and oxygen atoms in total. The highest BCUT2D eigenvalue weighted by Crippen LogP contribution is 2.28. The van der Waals surface area contributed by atoms with Crippen molar-refractivity contribution in [1.29, 1.82) is 0 Å². The molecule has 0 amide bonds. The Morgan fingerprint density at radius 2 is 2.12 bits per heavy atom.